The van der Waals surface area contributed by atoms with E-state index in [-0.39, 0.29) is 36.3 Å². The second-order valence-electron chi connectivity index (χ2n) is 7.46. The molecule has 2 bridgehead atoms. The van der Waals surface area contributed by atoms with Crippen molar-refractivity contribution in [2.24, 2.45) is 17.6 Å². The Balaban J connectivity index is 0.00000225. The van der Waals surface area contributed by atoms with Gasteiger partial charge in [-0.15, -0.1) is 12.4 Å². The average Bonchev–Trinajstić information content (AvgIpc) is 2.55. The summed E-state index contributed by atoms with van der Waals surface area (Å²) in [5.41, 5.74) is 7.35. The third-order valence-electron chi connectivity index (χ3n) is 5.47. The van der Waals surface area contributed by atoms with Crippen molar-refractivity contribution in [1.82, 2.24) is 10.2 Å². The number of nitrogens with zero attached hydrogens (tertiary/aromatic N) is 1. The van der Waals surface area contributed by atoms with Gasteiger partial charge in [0.15, 0.2) is 0 Å². The summed E-state index contributed by atoms with van der Waals surface area (Å²) < 4.78 is 0. The lowest BCUT2D eigenvalue weighted by molar-refractivity contribution is 0.0755. The van der Waals surface area contributed by atoms with E-state index in [1.807, 2.05) is 0 Å². The zero-order valence-electron chi connectivity index (χ0n) is 14.9. The molecule has 0 saturated heterocycles. The summed E-state index contributed by atoms with van der Waals surface area (Å²) >= 11 is 0. The minimum Gasteiger partial charge on any atom is -0.349 e. The number of carbonyl (C=O) groups is 2. The summed E-state index contributed by atoms with van der Waals surface area (Å²) in [4.78, 5) is 26.1. The third kappa shape index (κ3) is 4.33. The van der Waals surface area contributed by atoms with Crippen LogP contribution in [0.1, 0.15) is 52.8 Å². The lowest BCUT2D eigenvalue weighted by atomic mass is 9.67. The molecule has 2 amide bonds. The molecule has 0 heterocycles. The molecule has 3 rings (SSSR count). The van der Waals surface area contributed by atoms with Gasteiger partial charge in [-0.05, 0) is 61.8 Å². The molecule has 1 aromatic rings. The molecule has 0 aromatic heterocycles. The molecule has 2 aliphatic carbocycles. The molecule has 25 heavy (non-hydrogen) atoms. The minimum absolute atomic E-state index is 0. The molecule has 0 aliphatic heterocycles. The van der Waals surface area contributed by atoms with Crippen LogP contribution in [0.4, 0.5) is 0 Å². The molecular weight excluding hydrogens is 338 g/mol. The van der Waals surface area contributed by atoms with Crippen molar-refractivity contribution < 1.29 is 9.59 Å². The number of nitrogens with one attached hydrogen (secondary N) is 1. The van der Waals surface area contributed by atoms with Crippen LogP contribution in [0, 0.1) is 11.8 Å². The van der Waals surface area contributed by atoms with Gasteiger partial charge in [0.1, 0.15) is 0 Å². The van der Waals surface area contributed by atoms with Crippen molar-refractivity contribution in [3.63, 3.8) is 0 Å². The van der Waals surface area contributed by atoms with E-state index >= 15 is 0 Å². The van der Waals surface area contributed by atoms with Crippen molar-refractivity contribution in [2.45, 2.75) is 44.2 Å². The highest BCUT2D eigenvalue weighted by Crippen LogP contribution is 2.39. The quantitative estimate of drug-likeness (QED) is 0.863. The Morgan fingerprint density at radius 1 is 1.04 bits per heavy atom. The normalized spacial score (nSPS) is 27.8. The predicted molar refractivity (Wildman–Crippen MR) is 101 cm³/mol. The second-order valence-corrected chi connectivity index (χ2v) is 7.46. The van der Waals surface area contributed by atoms with Gasteiger partial charge in [-0.2, -0.15) is 0 Å². The van der Waals surface area contributed by atoms with Crippen LogP contribution >= 0.6 is 12.4 Å². The predicted octanol–water partition coefficient (Wildman–Crippen LogP) is 2.45. The van der Waals surface area contributed by atoms with Crippen molar-refractivity contribution in [3.8, 4) is 0 Å². The number of hydrogen-bond acceptors (Lipinski definition) is 3. The summed E-state index contributed by atoms with van der Waals surface area (Å²) in [6.07, 6.45) is 5.59. The highest BCUT2D eigenvalue weighted by molar-refractivity contribution is 5.97. The summed E-state index contributed by atoms with van der Waals surface area (Å²) in [6, 6.07) is 7.43. The summed E-state index contributed by atoms with van der Waals surface area (Å²) in [6.45, 7) is 0. The maximum atomic E-state index is 12.6. The molecule has 6 heteroatoms. The summed E-state index contributed by atoms with van der Waals surface area (Å²) in [5, 5.41) is 3.24. The lowest BCUT2D eigenvalue weighted by Crippen LogP contribution is -2.53. The van der Waals surface area contributed by atoms with Crippen LogP contribution in [-0.2, 0) is 0 Å². The Morgan fingerprint density at radius 2 is 1.56 bits per heavy atom. The highest BCUT2D eigenvalue weighted by atomic mass is 35.5. The Labute approximate surface area is 155 Å². The number of carbonyl (C=O) groups excluding carboxylic acids is 2. The molecule has 2 fully saturated rings. The van der Waals surface area contributed by atoms with Gasteiger partial charge in [0.05, 0.1) is 0 Å². The zero-order valence-corrected chi connectivity index (χ0v) is 15.7. The number of benzene rings is 1. The fourth-order valence-corrected chi connectivity index (χ4v) is 4.28. The maximum Gasteiger partial charge on any atom is 0.253 e. The number of halogens is 1. The van der Waals surface area contributed by atoms with Crippen LogP contribution in [-0.4, -0.2) is 42.9 Å². The van der Waals surface area contributed by atoms with Crippen molar-refractivity contribution in [3.05, 3.63) is 35.4 Å². The van der Waals surface area contributed by atoms with Crippen molar-refractivity contribution in [1.29, 1.82) is 0 Å². The molecular formula is C19H28ClN3O2. The van der Waals surface area contributed by atoms with Gasteiger partial charge in [-0.1, -0.05) is 6.42 Å². The molecule has 2 aliphatic rings. The number of rotatable bonds is 3. The molecule has 2 atom stereocenters. The first-order valence-electron chi connectivity index (χ1n) is 8.84. The number of hydrogen-bond donors (Lipinski definition) is 2. The second kappa shape index (κ2) is 8.19. The fourth-order valence-electron chi connectivity index (χ4n) is 4.28. The topological polar surface area (TPSA) is 75.4 Å². The smallest absolute Gasteiger partial charge is 0.253 e. The van der Waals surface area contributed by atoms with E-state index < -0.39 is 0 Å². The first-order chi connectivity index (χ1) is 11.5. The van der Waals surface area contributed by atoms with E-state index in [2.05, 4.69) is 5.32 Å². The molecule has 5 nitrogen and oxygen atoms in total. The molecule has 3 N–H and O–H groups in total. The highest BCUT2D eigenvalue weighted by Gasteiger charge is 2.39. The number of nitrogens with two attached hydrogens (primary N) is 1. The molecule has 2 saturated carbocycles. The van der Waals surface area contributed by atoms with E-state index in [9.17, 15) is 9.59 Å². The molecule has 138 valence electrons. The molecule has 1 aromatic carbocycles. The zero-order chi connectivity index (χ0) is 17.3. The van der Waals surface area contributed by atoms with Crippen LogP contribution < -0.4 is 11.1 Å². The van der Waals surface area contributed by atoms with Crippen molar-refractivity contribution in [2.75, 3.05) is 14.1 Å². The number of fused-ring (bicyclic) bond motifs is 2. The summed E-state index contributed by atoms with van der Waals surface area (Å²) in [5.74, 6) is 0.908. The Hall–Kier alpha value is -1.59. The van der Waals surface area contributed by atoms with E-state index in [0.717, 1.165) is 25.7 Å². The molecule has 0 spiro atoms. The van der Waals surface area contributed by atoms with Crippen LogP contribution in [0.2, 0.25) is 0 Å². The Morgan fingerprint density at radius 3 is 2.08 bits per heavy atom. The van der Waals surface area contributed by atoms with E-state index in [0.29, 0.717) is 23.0 Å². The van der Waals surface area contributed by atoms with Gasteiger partial charge in [-0.25, -0.2) is 0 Å². The van der Waals surface area contributed by atoms with Gasteiger partial charge in [0.2, 0.25) is 0 Å². The van der Waals surface area contributed by atoms with Gasteiger partial charge < -0.3 is 16.0 Å². The third-order valence-corrected chi connectivity index (χ3v) is 5.47. The Kier molecular flexibility index (Phi) is 6.47. The van der Waals surface area contributed by atoms with E-state index in [4.69, 9.17) is 5.73 Å². The first kappa shape index (κ1) is 19.7. The van der Waals surface area contributed by atoms with E-state index in [1.54, 1.807) is 38.4 Å². The van der Waals surface area contributed by atoms with Crippen LogP contribution in [0.3, 0.4) is 0 Å². The van der Waals surface area contributed by atoms with Crippen LogP contribution in [0.25, 0.3) is 0 Å². The fraction of sp³-hybridized carbons (Fsp3) is 0.579. The average molecular weight is 366 g/mol. The van der Waals surface area contributed by atoms with Crippen LogP contribution in [0.15, 0.2) is 24.3 Å². The lowest BCUT2D eigenvalue weighted by Gasteiger charge is -2.45. The Bertz CT molecular complexity index is 604. The van der Waals surface area contributed by atoms with Crippen LogP contribution in [0.5, 0.6) is 0 Å². The molecule has 2 unspecified atom stereocenters. The maximum absolute atomic E-state index is 12.6. The van der Waals surface area contributed by atoms with E-state index in [1.165, 1.54) is 11.3 Å². The minimum atomic E-state index is -0.0576. The number of amides is 2. The first-order valence-corrected chi connectivity index (χ1v) is 8.84. The van der Waals surface area contributed by atoms with Gasteiger partial charge in [0, 0.05) is 37.3 Å². The monoisotopic (exact) mass is 365 g/mol. The van der Waals surface area contributed by atoms with Gasteiger partial charge in [-0.3, -0.25) is 9.59 Å². The van der Waals surface area contributed by atoms with Crippen molar-refractivity contribution >= 4 is 24.2 Å². The van der Waals surface area contributed by atoms with Gasteiger partial charge >= 0.3 is 0 Å². The SMILES string of the molecule is CN(C)C(=O)c1ccc(C(=O)NC2C3CCCC2CC(N)C3)cc1.Cl. The standard InChI is InChI=1S/C19H27N3O2.ClH/c1-22(2)19(24)13-8-6-12(7-9-13)18(23)21-17-14-4-3-5-15(17)11-16(20)10-14;/h6-9,14-17H,3-5,10-11,20H2,1-2H3,(H,21,23);1H. The van der Waals surface area contributed by atoms with Gasteiger partial charge in [0.25, 0.3) is 11.8 Å². The largest absolute Gasteiger partial charge is 0.349 e. The summed E-state index contributed by atoms with van der Waals surface area (Å²) in [7, 11) is 3.44. The molecule has 0 radical (unpaired) electrons.